The second kappa shape index (κ2) is 2.59. The van der Waals surface area contributed by atoms with Crippen LogP contribution >= 0.6 is 12.2 Å². The van der Waals surface area contributed by atoms with Crippen molar-refractivity contribution in [2.75, 3.05) is 5.73 Å². The van der Waals surface area contributed by atoms with Crippen molar-refractivity contribution in [1.82, 2.24) is 19.6 Å². The Bertz CT molecular complexity index is 527. The van der Waals surface area contributed by atoms with Crippen LogP contribution in [-0.2, 0) is 0 Å². The molecule has 0 bridgehead atoms. The Hall–Kier alpha value is -1.83. The molecule has 0 atom stereocenters. The van der Waals surface area contributed by atoms with Crippen LogP contribution in [-0.4, -0.2) is 19.6 Å². The zero-order chi connectivity index (χ0) is 9.42. The summed E-state index contributed by atoms with van der Waals surface area (Å²) in [5.41, 5.74) is 6.15. The molecule has 3 N–H and O–H groups in total. The van der Waals surface area contributed by atoms with E-state index in [0.29, 0.717) is 11.2 Å². The van der Waals surface area contributed by atoms with Crippen molar-refractivity contribution in [3.8, 4) is 0 Å². The Morgan fingerprint density at radius 1 is 1.69 bits per heavy atom. The SMILES string of the molecule is Nc1nc(=S)c2ncn(N=O)c2[nH]1. The second-order valence-electron chi connectivity index (χ2n) is 2.30. The lowest BCUT2D eigenvalue weighted by Gasteiger charge is -1.94. The summed E-state index contributed by atoms with van der Waals surface area (Å²) >= 11 is 4.87. The molecule has 0 aliphatic rings. The maximum absolute atomic E-state index is 10.3. The fraction of sp³-hybridized carbons (Fsp3) is 0. The minimum Gasteiger partial charge on any atom is -0.369 e. The van der Waals surface area contributed by atoms with Gasteiger partial charge in [0.1, 0.15) is 11.8 Å². The van der Waals surface area contributed by atoms with Gasteiger partial charge in [-0.3, -0.25) is 0 Å². The van der Waals surface area contributed by atoms with Gasteiger partial charge in [-0.1, -0.05) is 12.2 Å². The van der Waals surface area contributed by atoms with E-state index in [0.717, 1.165) is 4.68 Å². The van der Waals surface area contributed by atoms with Crippen LogP contribution in [0.3, 0.4) is 0 Å². The largest absolute Gasteiger partial charge is 0.369 e. The van der Waals surface area contributed by atoms with Crippen molar-refractivity contribution in [2.24, 2.45) is 5.29 Å². The molecule has 0 amide bonds. The molecule has 0 aromatic carbocycles. The lowest BCUT2D eigenvalue weighted by atomic mass is 10.5. The van der Waals surface area contributed by atoms with Crippen LogP contribution in [0.4, 0.5) is 5.95 Å². The Balaban J connectivity index is 2.98. The molecule has 0 saturated carbocycles. The zero-order valence-corrected chi connectivity index (χ0v) is 7.08. The number of nitrogens with one attached hydrogen (secondary N) is 1. The number of fused-ring (bicyclic) bond motifs is 1. The van der Waals surface area contributed by atoms with E-state index in [-0.39, 0.29) is 10.6 Å². The van der Waals surface area contributed by atoms with Crippen LogP contribution < -0.4 is 5.73 Å². The molecule has 0 unspecified atom stereocenters. The minimum absolute atomic E-state index is 0.128. The van der Waals surface area contributed by atoms with E-state index < -0.39 is 0 Å². The van der Waals surface area contributed by atoms with E-state index in [9.17, 15) is 4.91 Å². The molecule has 2 aromatic heterocycles. The Kier molecular flexibility index (Phi) is 1.55. The quantitative estimate of drug-likeness (QED) is 0.513. The summed E-state index contributed by atoms with van der Waals surface area (Å²) in [4.78, 5) is 20.5. The third-order valence-corrected chi connectivity index (χ3v) is 1.79. The molecule has 8 heteroatoms. The number of nitrogen functional groups attached to an aromatic ring is 1. The molecular weight excluding hydrogens is 192 g/mol. The van der Waals surface area contributed by atoms with E-state index >= 15 is 0 Å². The number of nitrogens with two attached hydrogens (primary N) is 1. The van der Waals surface area contributed by atoms with E-state index in [4.69, 9.17) is 18.0 Å². The summed E-state index contributed by atoms with van der Waals surface area (Å²) in [6, 6.07) is 0. The monoisotopic (exact) mass is 196 g/mol. The second-order valence-corrected chi connectivity index (χ2v) is 2.68. The van der Waals surface area contributed by atoms with Crippen LogP contribution in [0.15, 0.2) is 11.6 Å². The number of aromatic nitrogens is 4. The Morgan fingerprint density at radius 3 is 3.15 bits per heavy atom. The minimum atomic E-state index is 0.128. The van der Waals surface area contributed by atoms with Crippen molar-refractivity contribution in [2.45, 2.75) is 0 Å². The molecule has 0 aliphatic carbocycles. The van der Waals surface area contributed by atoms with Gasteiger partial charge in [-0.2, -0.15) is 4.68 Å². The van der Waals surface area contributed by atoms with Gasteiger partial charge in [0.25, 0.3) is 0 Å². The van der Waals surface area contributed by atoms with E-state index in [1.807, 2.05) is 0 Å². The average molecular weight is 196 g/mol. The highest BCUT2D eigenvalue weighted by molar-refractivity contribution is 7.71. The number of imidazole rings is 1. The van der Waals surface area contributed by atoms with Gasteiger partial charge < -0.3 is 10.7 Å². The Morgan fingerprint density at radius 2 is 2.46 bits per heavy atom. The van der Waals surface area contributed by atoms with Crippen LogP contribution in [0.1, 0.15) is 0 Å². The standard InChI is InChI=1S/C5H4N6OS/c6-5-8-3-2(4(13)9-5)7-1-11(3)10-12/h1H,(H3,6,8,9,13). The lowest BCUT2D eigenvalue weighted by Crippen LogP contribution is -1.97. The molecule has 66 valence electrons. The molecule has 0 spiro atoms. The smallest absolute Gasteiger partial charge is 0.200 e. The topological polar surface area (TPSA) is 102 Å². The van der Waals surface area contributed by atoms with E-state index in [1.165, 1.54) is 6.33 Å². The summed E-state index contributed by atoms with van der Waals surface area (Å²) < 4.78 is 1.25. The van der Waals surface area contributed by atoms with Crippen LogP contribution in [0, 0.1) is 9.55 Å². The summed E-state index contributed by atoms with van der Waals surface area (Å²) in [5.74, 6) is 0.128. The van der Waals surface area contributed by atoms with Crippen LogP contribution in [0.2, 0.25) is 0 Å². The molecule has 0 radical (unpaired) electrons. The molecular formula is C5H4N6OS. The van der Waals surface area contributed by atoms with Crippen molar-refractivity contribution >= 4 is 29.3 Å². The highest BCUT2D eigenvalue weighted by Crippen LogP contribution is 2.11. The first-order valence-electron chi connectivity index (χ1n) is 3.29. The fourth-order valence-corrected chi connectivity index (χ4v) is 1.23. The van der Waals surface area contributed by atoms with Crippen LogP contribution in [0.5, 0.6) is 0 Å². The molecule has 0 fully saturated rings. The van der Waals surface area contributed by atoms with Crippen LogP contribution in [0.25, 0.3) is 11.2 Å². The maximum atomic E-state index is 10.3. The summed E-state index contributed by atoms with van der Waals surface area (Å²) in [7, 11) is 0. The molecule has 2 aromatic rings. The van der Waals surface area contributed by atoms with Gasteiger partial charge in [-0.25, -0.2) is 9.97 Å². The first-order chi connectivity index (χ1) is 6.22. The summed E-state index contributed by atoms with van der Waals surface area (Å²) in [5, 5.41) is 2.68. The number of aromatic amines is 1. The van der Waals surface area contributed by atoms with Gasteiger partial charge in [0.15, 0.2) is 10.3 Å². The van der Waals surface area contributed by atoms with E-state index in [1.54, 1.807) is 0 Å². The molecule has 0 aliphatic heterocycles. The zero-order valence-electron chi connectivity index (χ0n) is 6.26. The summed E-state index contributed by atoms with van der Waals surface area (Å²) in [6.07, 6.45) is 1.24. The Labute approximate surface area is 76.6 Å². The number of rotatable bonds is 1. The van der Waals surface area contributed by atoms with Crippen molar-refractivity contribution in [3.63, 3.8) is 0 Å². The van der Waals surface area contributed by atoms with Crippen molar-refractivity contribution in [1.29, 1.82) is 0 Å². The van der Waals surface area contributed by atoms with Gasteiger partial charge in [0, 0.05) is 0 Å². The number of hydrogen-bond acceptors (Lipinski definition) is 6. The number of anilines is 1. The van der Waals surface area contributed by atoms with Crippen molar-refractivity contribution in [3.05, 3.63) is 15.9 Å². The number of nitroso groups, excluding NO2 is 1. The first-order valence-corrected chi connectivity index (χ1v) is 3.69. The molecule has 2 rings (SSSR count). The molecule has 13 heavy (non-hydrogen) atoms. The van der Waals surface area contributed by atoms with Gasteiger partial charge in [-0.05, 0) is 0 Å². The normalized spacial score (nSPS) is 10.5. The first kappa shape index (κ1) is 7.80. The third kappa shape index (κ3) is 1.07. The average Bonchev–Trinajstić information content (AvgIpc) is 2.47. The highest BCUT2D eigenvalue weighted by atomic mass is 32.1. The maximum Gasteiger partial charge on any atom is 0.200 e. The molecule has 0 saturated heterocycles. The van der Waals surface area contributed by atoms with Gasteiger partial charge in [0.2, 0.25) is 5.95 Å². The van der Waals surface area contributed by atoms with Gasteiger partial charge >= 0.3 is 0 Å². The number of nitrogens with zero attached hydrogens (tertiary/aromatic N) is 4. The molecule has 7 nitrogen and oxygen atoms in total. The third-order valence-electron chi connectivity index (χ3n) is 1.51. The van der Waals surface area contributed by atoms with Gasteiger partial charge in [0.05, 0.1) is 5.29 Å². The predicted molar refractivity (Wildman–Crippen MR) is 48.3 cm³/mol. The van der Waals surface area contributed by atoms with Crippen molar-refractivity contribution < 1.29 is 0 Å². The number of H-pyrrole nitrogens is 1. The fourth-order valence-electron chi connectivity index (χ4n) is 0.986. The predicted octanol–water partition coefficient (Wildman–Crippen LogP) is 0.601. The molecule has 2 heterocycles. The highest BCUT2D eigenvalue weighted by Gasteiger charge is 2.05. The lowest BCUT2D eigenvalue weighted by molar-refractivity contribution is 0.881. The summed E-state index contributed by atoms with van der Waals surface area (Å²) in [6.45, 7) is 0. The van der Waals surface area contributed by atoms with Gasteiger partial charge in [-0.15, -0.1) is 4.91 Å². The number of hydrogen-bond donors (Lipinski definition) is 2. The van der Waals surface area contributed by atoms with E-state index in [2.05, 4.69) is 20.2 Å².